The van der Waals surface area contributed by atoms with E-state index in [0.717, 1.165) is 5.56 Å². The topological polar surface area (TPSA) is 38.3 Å². The minimum Gasteiger partial charge on any atom is -0.405 e. The van der Waals surface area contributed by atoms with Crippen LogP contribution in [-0.4, -0.2) is 12.3 Å². The minimum absolute atomic E-state index is 0.0561. The molecule has 2 rings (SSSR count). The first-order valence-electron chi connectivity index (χ1n) is 6.54. The van der Waals surface area contributed by atoms with E-state index in [-0.39, 0.29) is 23.8 Å². The lowest BCUT2D eigenvalue weighted by Crippen LogP contribution is -2.25. The molecule has 2 aromatic carbocycles. The summed E-state index contributed by atoms with van der Waals surface area (Å²) in [6.45, 7) is 1.73. The maximum atomic E-state index is 12.3. The van der Waals surface area contributed by atoms with Crippen LogP contribution >= 0.6 is 0 Å². The first-order valence-corrected chi connectivity index (χ1v) is 6.54. The Bertz CT molecular complexity index is 668. The van der Waals surface area contributed by atoms with Crippen LogP contribution in [-0.2, 0) is 6.54 Å². The molecular formula is C16H14F3NO2. The molecule has 116 valence electrons. The van der Waals surface area contributed by atoms with E-state index in [2.05, 4.69) is 10.1 Å². The molecule has 0 aromatic heterocycles. The predicted octanol–water partition coefficient (Wildman–Crippen LogP) is 3.82. The average molecular weight is 309 g/mol. The summed E-state index contributed by atoms with van der Waals surface area (Å²) < 4.78 is 40.9. The van der Waals surface area contributed by atoms with Gasteiger partial charge >= 0.3 is 6.36 Å². The third-order valence-electron chi connectivity index (χ3n) is 3.03. The summed E-state index contributed by atoms with van der Waals surface area (Å²) in [4.78, 5) is 12.1. The summed E-state index contributed by atoms with van der Waals surface area (Å²) in [5.74, 6) is -0.667. The van der Waals surface area contributed by atoms with E-state index in [9.17, 15) is 18.0 Å². The van der Waals surface area contributed by atoms with E-state index < -0.39 is 6.36 Å². The molecule has 0 atom stereocenters. The highest BCUT2D eigenvalue weighted by Gasteiger charge is 2.31. The third kappa shape index (κ3) is 4.25. The molecule has 0 spiro atoms. The highest BCUT2D eigenvalue weighted by atomic mass is 19.4. The number of carbonyl (C=O) groups is 1. The van der Waals surface area contributed by atoms with Crippen LogP contribution in [0.1, 0.15) is 21.5 Å². The molecule has 0 heterocycles. The molecule has 0 aliphatic carbocycles. The number of ether oxygens (including phenoxy) is 1. The van der Waals surface area contributed by atoms with Gasteiger partial charge in [-0.25, -0.2) is 0 Å². The van der Waals surface area contributed by atoms with E-state index in [1.54, 1.807) is 37.3 Å². The zero-order valence-corrected chi connectivity index (χ0v) is 11.8. The van der Waals surface area contributed by atoms with Crippen molar-refractivity contribution in [3.8, 4) is 5.75 Å². The number of benzene rings is 2. The second-order valence-electron chi connectivity index (χ2n) is 4.65. The number of alkyl halides is 3. The van der Waals surface area contributed by atoms with Crippen LogP contribution in [0.5, 0.6) is 5.75 Å². The molecule has 0 aliphatic heterocycles. The Kier molecular flexibility index (Phi) is 4.70. The van der Waals surface area contributed by atoms with Crippen molar-refractivity contribution in [2.75, 3.05) is 0 Å². The largest absolute Gasteiger partial charge is 0.573 e. The van der Waals surface area contributed by atoms with Gasteiger partial charge in [0.05, 0.1) is 0 Å². The molecule has 0 saturated heterocycles. The van der Waals surface area contributed by atoms with Crippen LogP contribution in [0.3, 0.4) is 0 Å². The smallest absolute Gasteiger partial charge is 0.405 e. The van der Waals surface area contributed by atoms with Crippen molar-refractivity contribution in [2.24, 2.45) is 0 Å². The van der Waals surface area contributed by atoms with Gasteiger partial charge in [0.25, 0.3) is 5.91 Å². The lowest BCUT2D eigenvalue weighted by molar-refractivity contribution is -0.274. The molecule has 6 heteroatoms. The number of rotatable bonds is 4. The standard InChI is InChI=1S/C16H14F3NO2/c1-11-6-2-4-8-13(11)15(21)20-10-12-7-3-5-9-14(12)22-16(17,18)19/h2-9H,10H2,1H3,(H,20,21). The molecule has 1 N–H and O–H groups in total. The number of halogens is 3. The number of hydrogen-bond donors (Lipinski definition) is 1. The first-order chi connectivity index (χ1) is 10.4. The number of hydrogen-bond acceptors (Lipinski definition) is 2. The van der Waals surface area contributed by atoms with E-state index in [0.29, 0.717) is 5.56 Å². The molecular weight excluding hydrogens is 295 g/mol. The summed E-state index contributed by atoms with van der Waals surface area (Å²) in [7, 11) is 0. The maximum Gasteiger partial charge on any atom is 0.573 e. The Morgan fingerprint density at radius 1 is 1.09 bits per heavy atom. The van der Waals surface area contributed by atoms with Gasteiger partial charge in [0, 0.05) is 17.7 Å². The Labute approximate surface area is 125 Å². The van der Waals surface area contributed by atoms with Crippen LogP contribution in [0, 0.1) is 6.92 Å². The average Bonchev–Trinajstić information content (AvgIpc) is 2.45. The van der Waals surface area contributed by atoms with Crippen molar-refractivity contribution in [1.82, 2.24) is 5.32 Å². The zero-order chi connectivity index (χ0) is 16.2. The van der Waals surface area contributed by atoms with Gasteiger partial charge in [-0.05, 0) is 24.6 Å². The summed E-state index contributed by atoms with van der Waals surface area (Å²) in [6, 6.07) is 12.7. The Hall–Kier alpha value is -2.50. The molecule has 0 radical (unpaired) electrons. The summed E-state index contributed by atoms with van der Waals surface area (Å²) in [6.07, 6.45) is -4.77. The lowest BCUT2D eigenvalue weighted by Gasteiger charge is -2.14. The van der Waals surface area contributed by atoms with Gasteiger partial charge in [-0.2, -0.15) is 0 Å². The highest BCUT2D eigenvalue weighted by molar-refractivity contribution is 5.95. The molecule has 0 unspecified atom stereocenters. The van der Waals surface area contributed by atoms with Crippen molar-refractivity contribution >= 4 is 5.91 Å². The fraction of sp³-hybridized carbons (Fsp3) is 0.188. The molecule has 0 aliphatic rings. The van der Waals surface area contributed by atoms with Crippen LogP contribution in [0.25, 0.3) is 0 Å². The van der Waals surface area contributed by atoms with E-state index >= 15 is 0 Å². The van der Waals surface area contributed by atoms with Crippen molar-refractivity contribution in [3.05, 3.63) is 65.2 Å². The second kappa shape index (κ2) is 6.51. The van der Waals surface area contributed by atoms with E-state index in [1.165, 1.54) is 18.2 Å². The van der Waals surface area contributed by atoms with Crippen molar-refractivity contribution in [1.29, 1.82) is 0 Å². The molecule has 1 amide bonds. The molecule has 0 saturated carbocycles. The van der Waals surface area contributed by atoms with E-state index in [4.69, 9.17) is 0 Å². The van der Waals surface area contributed by atoms with Crippen molar-refractivity contribution < 1.29 is 22.7 Å². The van der Waals surface area contributed by atoms with Gasteiger partial charge < -0.3 is 10.1 Å². The Morgan fingerprint density at radius 2 is 1.73 bits per heavy atom. The first kappa shape index (κ1) is 15.9. The zero-order valence-electron chi connectivity index (χ0n) is 11.8. The number of carbonyl (C=O) groups excluding carboxylic acids is 1. The van der Waals surface area contributed by atoms with Gasteiger partial charge in [0.1, 0.15) is 5.75 Å². The van der Waals surface area contributed by atoms with Crippen LogP contribution in [0.15, 0.2) is 48.5 Å². The molecule has 3 nitrogen and oxygen atoms in total. The molecule has 22 heavy (non-hydrogen) atoms. The van der Waals surface area contributed by atoms with Crippen molar-refractivity contribution in [3.63, 3.8) is 0 Å². The number of amides is 1. The van der Waals surface area contributed by atoms with Gasteiger partial charge in [-0.1, -0.05) is 36.4 Å². The predicted molar refractivity (Wildman–Crippen MR) is 75.5 cm³/mol. The monoisotopic (exact) mass is 309 g/mol. The number of aryl methyl sites for hydroxylation is 1. The fourth-order valence-corrected chi connectivity index (χ4v) is 1.97. The van der Waals surface area contributed by atoms with Gasteiger partial charge in [-0.3, -0.25) is 4.79 Å². The van der Waals surface area contributed by atoms with Gasteiger partial charge in [0.2, 0.25) is 0 Å². The fourth-order valence-electron chi connectivity index (χ4n) is 1.97. The summed E-state index contributed by atoms with van der Waals surface area (Å²) >= 11 is 0. The minimum atomic E-state index is -4.77. The van der Waals surface area contributed by atoms with Crippen LogP contribution < -0.4 is 10.1 Å². The maximum absolute atomic E-state index is 12.3. The van der Waals surface area contributed by atoms with Gasteiger partial charge in [-0.15, -0.1) is 13.2 Å². The molecule has 0 bridgehead atoms. The van der Waals surface area contributed by atoms with Crippen molar-refractivity contribution in [2.45, 2.75) is 19.8 Å². The van der Waals surface area contributed by atoms with E-state index in [1.807, 2.05) is 0 Å². The van der Waals surface area contributed by atoms with Crippen LogP contribution in [0.4, 0.5) is 13.2 Å². The Morgan fingerprint density at radius 3 is 2.41 bits per heavy atom. The lowest BCUT2D eigenvalue weighted by atomic mass is 10.1. The molecule has 0 fully saturated rings. The number of nitrogens with one attached hydrogen (secondary N) is 1. The quantitative estimate of drug-likeness (QED) is 0.932. The normalized spacial score (nSPS) is 11.1. The highest BCUT2D eigenvalue weighted by Crippen LogP contribution is 2.26. The van der Waals surface area contributed by atoms with Crippen LogP contribution in [0.2, 0.25) is 0 Å². The number of para-hydroxylation sites is 1. The summed E-state index contributed by atoms with van der Waals surface area (Å²) in [5, 5.41) is 2.60. The second-order valence-corrected chi connectivity index (χ2v) is 4.65. The summed E-state index contributed by atoms with van der Waals surface area (Å²) in [5.41, 5.74) is 1.53. The van der Waals surface area contributed by atoms with Gasteiger partial charge in [0.15, 0.2) is 0 Å². The molecule has 2 aromatic rings. The SMILES string of the molecule is Cc1ccccc1C(=O)NCc1ccccc1OC(F)(F)F. The third-order valence-corrected chi connectivity index (χ3v) is 3.03. The Balaban J connectivity index is 2.09.